The lowest BCUT2D eigenvalue weighted by Crippen LogP contribution is -2.47. The third-order valence-corrected chi connectivity index (χ3v) is 7.29. The number of aryl methyl sites for hydroxylation is 1. The van der Waals surface area contributed by atoms with Crippen LogP contribution in [0, 0.1) is 6.92 Å². The SMILES string of the molecule is C=C(CC1(O)CCN(C(=O)c2ccc(NC)cc2)CC1)C(F)(F)F.C=O.CCC(C)O.Cc1cccc2scnc12. The molecule has 1 aromatic heterocycles. The average Bonchev–Trinajstić information content (AvgIpc) is 3.45. The lowest BCUT2D eigenvalue weighted by molar-refractivity contribution is -0.106. The Morgan fingerprint density at radius 2 is 1.73 bits per heavy atom. The fourth-order valence-electron chi connectivity index (χ4n) is 3.79. The summed E-state index contributed by atoms with van der Waals surface area (Å²) >= 11 is 1.69. The number of nitrogens with zero attached hydrogens (tertiary/aromatic N) is 2. The maximum Gasteiger partial charge on any atom is 0.412 e. The third kappa shape index (κ3) is 11.6. The number of nitrogens with one attached hydrogen (secondary N) is 1. The third-order valence-electron chi connectivity index (χ3n) is 6.50. The number of hydrogen-bond acceptors (Lipinski definition) is 7. The highest BCUT2D eigenvalue weighted by Gasteiger charge is 2.40. The molecule has 0 aliphatic carbocycles. The minimum absolute atomic E-state index is 0.0996. The molecule has 226 valence electrons. The zero-order valence-corrected chi connectivity index (χ0v) is 24.8. The summed E-state index contributed by atoms with van der Waals surface area (Å²) in [6.45, 7) is 11.3. The number of likely N-dealkylation sites (tertiary alicyclic amines) is 1. The van der Waals surface area contributed by atoms with Gasteiger partial charge in [-0.15, -0.1) is 11.3 Å². The van der Waals surface area contributed by atoms with Crippen molar-refractivity contribution in [3.8, 4) is 0 Å². The van der Waals surface area contributed by atoms with E-state index in [1.807, 2.05) is 19.2 Å². The Balaban J connectivity index is 0.000000402. The van der Waals surface area contributed by atoms with Crippen molar-refractivity contribution >= 4 is 39.9 Å². The average molecular weight is 596 g/mol. The maximum atomic E-state index is 12.6. The molecule has 2 aromatic carbocycles. The van der Waals surface area contributed by atoms with Gasteiger partial charge >= 0.3 is 6.18 Å². The van der Waals surface area contributed by atoms with Crippen molar-refractivity contribution in [1.29, 1.82) is 0 Å². The first kappa shape index (κ1) is 35.7. The van der Waals surface area contributed by atoms with Crippen LogP contribution >= 0.6 is 11.3 Å². The number of halogens is 3. The van der Waals surface area contributed by atoms with Gasteiger partial charge in [0.15, 0.2) is 0 Å². The van der Waals surface area contributed by atoms with Crippen LogP contribution < -0.4 is 5.32 Å². The van der Waals surface area contributed by atoms with Crippen LogP contribution in [0.15, 0.2) is 60.1 Å². The van der Waals surface area contributed by atoms with E-state index in [-0.39, 0.29) is 37.9 Å². The molecule has 0 saturated carbocycles. The number of benzene rings is 2. The van der Waals surface area contributed by atoms with Crippen LogP contribution in [0.5, 0.6) is 0 Å². The molecule has 3 N–H and O–H groups in total. The molecule has 1 atom stereocenters. The van der Waals surface area contributed by atoms with Crippen LogP contribution in [-0.2, 0) is 4.79 Å². The van der Waals surface area contributed by atoms with E-state index in [4.69, 9.17) is 9.90 Å². The summed E-state index contributed by atoms with van der Waals surface area (Å²) in [4.78, 5) is 26.2. The summed E-state index contributed by atoms with van der Waals surface area (Å²) in [6.07, 6.45) is -4.08. The number of thiazole rings is 1. The van der Waals surface area contributed by atoms with Crippen molar-refractivity contribution in [3.63, 3.8) is 0 Å². The zero-order valence-electron chi connectivity index (χ0n) is 24.0. The fourth-order valence-corrected chi connectivity index (χ4v) is 4.54. The Bertz CT molecular complexity index is 1220. The van der Waals surface area contributed by atoms with Gasteiger partial charge in [0.1, 0.15) is 6.79 Å². The van der Waals surface area contributed by atoms with Crippen molar-refractivity contribution in [2.45, 2.75) is 64.3 Å². The molecule has 11 heteroatoms. The predicted molar refractivity (Wildman–Crippen MR) is 159 cm³/mol. The zero-order chi connectivity index (χ0) is 31.2. The number of piperidine rings is 1. The smallest absolute Gasteiger partial charge is 0.393 e. The first-order valence-corrected chi connectivity index (χ1v) is 14.0. The Kier molecular flexibility index (Phi) is 14.7. The van der Waals surface area contributed by atoms with Crippen LogP contribution in [0.3, 0.4) is 0 Å². The van der Waals surface area contributed by atoms with E-state index in [0.29, 0.717) is 5.56 Å². The molecule has 3 aromatic rings. The quantitative estimate of drug-likeness (QED) is 0.295. The number of hydrogen-bond donors (Lipinski definition) is 3. The fraction of sp³-hybridized carbons (Fsp3) is 0.433. The van der Waals surface area contributed by atoms with Crippen LogP contribution in [0.2, 0.25) is 0 Å². The van der Waals surface area contributed by atoms with Gasteiger partial charge in [-0.3, -0.25) is 4.79 Å². The molecule has 0 spiro atoms. The van der Waals surface area contributed by atoms with E-state index < -0.39 is 23.8 Å². The number of carbonyl (C=O) groups excluding carboxylic acids is 2. The number of aliphatic hydroxyl groups excluding tert-OH is 1. The Morgan fingerprint density at radius 3 is 2.20 bits per heavy atom. The van der Waals surface area contributed by atoms with Crippen LogP contribution in [0.4, 0.5) is 18.9 Å². The van der Waals surface area contributed by atoms with Crippen molar-refractivity contribution in [1.82, 2.24) is 9.88 Å². The molecule has 4 rings (SSSR count). The highest BCUT2D eigenvalue weighted by atomic mass is 32.1. The van der Waals surface area contributed by atoms with Gasteiger partial charge < -0.3 is 25.2 Å². The molecule has 7 nitrogen and oxygen atoms in total. The number of fused-ring (bicyclic) bond motifs is 1. The molecule has 1 aliphatic heterocycles. The molecule has 1 aliphatic rings. The Labute approximate surface area is 243 Å². The number of anilines is 1. The van der Waals surface area contributed by atoms with Gasteiger partial charge in [-0.05, 0) is 69.0 Å². The standard InChI is InChI=1S/C17H21F3N2O2.C8H7NS.C4H10O.CH2O/c1-12(17(18,19)20)11-16(24)7-9-22(10-8-16)15(23)13-3-5-14(21-2)6-4-13;1-6-3-2-4-7-8(6)9-5-10-7;1-3-4(2)5;1-2/h3-6,21,24H,1,7-11H2,2H3;2-5H,1H3;4-5H,3H2,1-2H3;1H2. The van der Waals surface area contributed by atoms with Gasteiger partial charge in [0, 0.05) is 43.4 Å². The summed E-state index contributed by atoms with van der Waals surface area (Å²) < 4.78 is 39.0. The Hall–Kier alpha value is -3.28. The molecule has 41 heavy (non-hydrogen) atoms. The van der Waals surface area contributed by atoms with Gasteiger partial charge in [0.05, 0.1) is 27.4 Å². The highest BCUT2D eigenvalue weighted by Crippen LogP contribution is 2.35. The first-order valence-electron chi connectivity index (χ1n) is 13.1. The number of rotatable bonds is 5. The summed E-state index contributed by atoms with van der Waals surface area (Å²) in [7, 11) is 1.77. The van der Waals surface area contributed by atoms with Gasteiger partial charge in [0.25, 0.3) is 5.91 Å². The molecule has 0 radical (unpaired) electrons. The Morgan fingerprint density at radius 1 is 1.17 bits per heavy atom. The first-order chi connectivity index (χ1) is 19.3. The van der Waals surface area contributed by atoms with Gasteiger partial charge in [-0.25, -0.2) is 4.98 Å². The topological polar surface area (TPSA) is 103 Å². The van der Waals surface area contributed by atoms with E-state index in [1.165, 1.54) is 10.3 Å². The van der Waals surface area contributed by atoms with Crippen LogP contribution in [-0.4, -0.2) is 70.8 Å². The number of para-hydroxylation sites is 1. The van der Waals surface area contributed by atoms with E-state index in [1.54, 1.807) is 54.5 Å². The number of aliphatic hydroxyl groups is 2. The van der Waals surface area contributed by atoms with Crippen LogP contribution in [0.25, 0.3) is 10.2 Å². The maximum absolute atomic E-state index is 12.6. The summed E-state index contributed by atoms with van der Waals surface area (Å²) in [6, 6.07) is 13.2. The normalized spacial score (nSPS) is 14.7. The summed E-state index contributed by atoms with van der Waals surface area (Å²) in [5, 5.41) is 21.7. The van der Waals surface area contributed by atoms with E-state index in [2.05, 4.69) is 42.0 Å². The number of aromatic nitrogens is 1. The molecular formula is C30H40F3N3O4S. The van der Waals surface area contributed by atoms with Gasteiger partial charge in [-0.1, -0.05) is 25.6 Å². The second kappa shape index (κ2) is 16.9. The number of carbonyl (C=O) groups is 2. The predicted octanol–water partition coefficient (Wildman–Crippen LogP) is 6.40. The van der Waals surface area contributed by atoms with E-state index >= 15 is 0 Å². The lowest BCUT2D eigenvalue weighted by atomic mass is 9.85. The molecule has 1 amide bonds. The monoisotopic (exact) mass is 595 g/mol. The molecule has 1 unspecified atom stereocenters. The van der Waals surface area contributed by atoms with E-state index in [0.717, 1.165) is 17.6 Å². The lowest BCUT2D eigenvalue weighted by Gasteiger charge is -2.38. The van der Waals surface area contributed by atoms with Crippen molar-refractivity contribution in [3.05, 3.63) is 71.3 Å². The number of alkyl halides is 3. The molecule has 0 bridgehead atoms. The van der Waals surface area contributed by atoms with Gasteiger partial charge in [0.2, 0.25) is 0 Å². The largest absolute Gasteiger partial charge is 0.412 e. The summed E-state index contributed by atoms with van der Waals surface area (Å²) in [5.74, 6) is -0.186. The minimum atomic E-state index is -4.50. The molecular weight excluding hydrogens is 555 g/mol. The van der Waals surface area contributed by atoms with Crippen molar-refractivity contribution in [2.24, 2.45) is 0 Å². The second-order valence-electron chi connectivity index (χ2n) is 9.65. The van der Waals surface area contributed by atoms with Crippen LogP contribution in [0.1, 0.15) is 55.5 Å². The highest BCUT2D eigenvalue weighted by molar-refractivity contribution is 7.16. The molecule has 2 heterocycles. The van der Waals surface area contributed by atoms with Gasteiger partial charge in [-0.2, -0.15) is 13.2 Å². The van der Waals surface area contributed by atoms with Crippen molar-refractivity contribution in [2.75, 3.05) is 25.5 Å². The van der Waals surface area contributed by atoms with Crippen molar-refractivity contribution < 1.29 is 33.0 Å². The number of amides is 1. The molecule has 1 fully saturated rings. The second-order valence-corrected chi connectivity index (χ2v) is 10.5. The van der Waals surface area contributed by atoms with E-state index in [9.17, 15) is 23.1 Å². The molecule has 1 saturated heterocycles. The summed E-state index contributed by atoms with van der Waals surface area (Å²) in [5.41, 5.74) is 3.29. The minimum Gasteiger partial charge on any atom is -0.393 e.